The van der Waals surface area contributed by atoms with Crippen molar-refractivity contribution in [1.29, 1.82) is 5.41 Å². The number of hydrogen-bond donors (Lipinski definition) is 1. The van der Waals surface area contributed by atoms with Crippen LogP contribution in [0.4, 0.5) is 0 Å². The number of rotatable bonds is 4. The van der Waals surface area contributed by atoms with Crippen LogP contribution in [0.2, 0.25) is 0 Å². The van der Waals surface area contributed by atoms with Gasteiger partial charge in [0.15, 0.2) is 0 Å². The van der Waals surface area contributed by atoms with E-state index in [9.17, 15) is 13.2 Å². The lowest BCUT2D eigenvalue weighted by atomic mass is 10.2. The molecule has 0 saturated carbocycles. The molecule has 17 heavy (non-hydrogen) atoms. The Hall–Kier alpha value is -1.69. The summed E-state index contributed by atoms with van der Waals surface area (Å²) in [5.74, 6) is -0.896. The van der Waals surface area contributed by atoms with E-state index >= 15 is 0 Å². The highest BCUT2D eigenvalue weighted by molar-refractivity contribution is 7.87. The van der Waals surface area contributed by atoms with Crippen molar-refractivity contribution in [3.63, 3.8) is 0 Å². The van der Waals surface area contributed by atoms with Gasteiger partial charge in [-0.25, -0.2) is 0 Å². The monoisotopic (exact) mass is 255 g/mol. The first-order chi connectivity index (χ1) is 7.81. The predicted molar refractivity (Wildman–Crippen MR) is 62.5 cm³/mol. The van der Waals surface area contributed by atoms with Crippen molar-refractivity contribution in [1.82, 2.24) is 0 Å². The lowest BCUT2D eigenvalue weighted by Gasteiger charge is -2.06. The normalized spacial score (nSPS) is 10.9. The smallest absolute Gasteiger partial charge is 0.340 e. The Bertz CT molecular complexity index is 531. The third-order valence-electron chi connectivity index (χ3n) is 1.93. The average molecular weight is 255 g/mol. The molecule has 1 N–H and O–H groups in total. The van der Waals surface area contributed by atoms with E-state index in [1.165, 1.54) is 19.1 Å². The lowest BCUT2D eigenvalue weighted by Crippen LogP contribution is -2.14. The zero-order valence-corrected chi connectivity index (χ0v) is 10.4. The number of ketones is 1. The zero-order chi connectivity index (χ0) is 13.1. The minimum atomic E-state index is -4.00. The maximum atomic E-state index is 11.7. The summed E-state index contributed by atoms with van der Waals surface area (Å²) < 4.78 is 27.8. The molecule has 0 atom stereocenters. The fourth-order valence-electron chi connectivity index (χ4n) is 1.14. The number of Topliss-reactive ketones (excluding diaryl/α,β-unsaturated/α-hetero) is 1. The van der Waals surface area contributed by atoms with Gasteiger partial charge in [0.05, 0.1) is 6.42 Å². The Morgan fingerprint density at radius 1 is 1.29 bits per heavy atom. The van der Waals surface area contributed by atoms with E-state index < -0.39 is 16.0 Å². The highest BCUT2D eigenvalue weighted by Crippen LogP contribution is 2.13. The van der Waals surface area contributed by atoms with Crippen LogP contribution in [-0.4, -0.2) is 20.1 Å². The van der Waals surface area contributed by atoms with Crippen LogP contribution < -0.4 is 0 Å². The zero-order valence-electron chi connectivity index (χ0n) is 9.56. The van der Waals surface area contributed by atoms with E-state index in [0.29, 0.717) is 0 Å². The molecule has 0 amide bonds. The molecule has 0 saturated heterocycles. The topological polar surface area (TPSA) is 84.3 Å². The van der Waals surface area contributed by atoms with Gasteiger partial charge >= 0.3 is 10.1 Å². The van der Waals surface area contributed by atoms with E-state index in [4.69, 9.17) is 5.41 Å². The molecule has 1 aromatic rings. The van der Waals surface area contributed by atoms with Gasteiger partial charge in [0, 0.05) is 0 Å². The van der Waals surface area contributed by atoms with Crippen molar-refractivity contribution >= 4 is 21.8 Å². The maximum absolute atomic E-state index is 11.7. The molecular formula is C11H13NO4S. The molecule has 0 unspecified atom stereocenters. The molecule has 0 heterocycles. The molecule has 1 aromatic carbocycles. The molecular weight excluding hydrogens is 242 g/mol. The Morgan fingerprint density at radius 2 is 1.82 bits per heavy atom. The van der Waals surface area contributed by atoms with Crippen LogP contribution in [0.5, 0.6) is 0 Å². The largest absolute Gasteiger partial charge is 0.363 e. The van der Waals surface area contributed by atoms with Crippen molar-refractivity contribution in [2.45, 2.75) is 25.2 Å². The van der Waals surface area contributed by atoms with Crippen molar-refractivity contribution < 1.29 is 17.4 Å². The van der Waals surface area contributed by atoms with Crippen LogP contribution in [-0.2, 0) is 19.1 Å². The first-order valence-corrected chi connectivity index (χ1v) is 6.30. The van der Waals surface area contributed by atoms with E-state index in [-0.39, 0.29) is 17.1 Å². The summed E-state index contributed by atoms with van der Waals surface area (Å²) in [5, 5.41) is 7.24. The molecule has 0 aliphatic heterocycles. The second-order valence-electron chi connectivity index (χ2n) is 3.65. The van der Waals surface area contributed by atoms with E-state index in [1.807, 2.05) is 6.92 Å². The minimum absolute atomic E-state index is 0.0311. The van der Waals surface area contributed by atoms with Crippen molar-refractivity contribution in [3.05, 3.63) is 29.8 Å². The number of nitrogens with one attached hydrogen (secondary N) is 1. The van der Waals surface area contributed by atoms with Gasteiger partial charge < -0.3 is 4.18 Å². The first kappa shape index (κ1) is 13.4. The van der Waals surface area contributed by atoms with Gasteiger partial charge in [0.2, 0.25) is 5.90 Å². The number of aryl methyl sites for hydroxylation is 1. The molecule has 0 aliphatic carbocycles. The maximum Gasteiger partial charge on any atom is 0.340 e. The average Bonchev–Trinajstić information content (AvgIpc) is 2.15. The van der Waals surface area contributed by atoms with Gasteiger partial charge in [-0.15, -0.1) is 0 Å². The molecule has 0 fully saturated rings. The third-order valence-corrected chi connectivity index (χ3v) is 3.20. The summed E-state index contributed by atoms with van der Waals surface area (Å²) in [6.45, 7) is 3.09. The molecule has 0 aliphatic rings. The van der Waals surface area contributed by atoms with Gasteiger partial charge in [-0.05, 0) is 26.0 Å². The van der Waals surface area contributed by atoms with Crippen molar-refractivity contribution in [2.24, 2.45) is 0 Å². The Kier molecular flexibility index (Phi) is 4.01. The summed E-state index contributed by atoms with van der Waals surface area (Å²) in [6.07, 6.45) is -0.328. The molecule has 92 valence electrons. The summed E-state index contributed by atoms with van der Waals surface area (Å²) in [4.78, 5) is 10.7. The van der Waals surface area contributed by atoms with Gasteiger partial charge in [0.1, 0.15) is 10.7 Å². The van der Waals surface area contributed by atoms with Gasteiger partial charge in [0.25, 0.3) is 0 Å². The van der Waals surface area contributed by atoms with Crippen molar-refractivity contribution in [2.75, 3.05) is 0 Å². The van der Waals surface area contributed by atoms with Crippen LogP contribution in [0, 0.1) is 12.3 Å². The fraction of sp³-hybridized carbons (Fsp3) is 0.273. The van der Waals surface area contributed by atoms with Crippen LogP contribution in [0.3, 0.4) is 0 Å². The summed E-state index contributed by atoms with van der Waals surface area (Å²) in [5.41, 5.74) is 0.919. The van der Waals surface area contributed by atoms with Gasteiger partial charge in [-0.1, -0.05) is 17.7 Å². The molecule has 5 nitrogen and oxygen atoms in total. The molecule has 0 spiro atoms. The van der Waals surface area contributed by atoms with Gasteiger partial charge in [-0.2, -0.15) is 8.42 Å². The number of carbonyl (C=O) groups excluding carboxylic acids is 1. The molecule has 0 bridgehead atoms. The molecule has 0 radical (unpaired) electrons. The SMILES string of the molecule is CC(=O)CC(=N)OS(=O)(=O)c1ccc(C)cc1. The molecule has 1 rings (SSSR count). The Labute approximate surface area is 100 Å². The lowest BCUT2D eigenvalue weighted by molar-refractivity contribution is -0.116. The summed E-state index contributed by atoms with van der Waals surface area (Å²) >= 11 is 0. The highest BCUT2D eigenvalue weighted by Gasteiger charge is 2.18. The first-order valence-electron chi connectivity index (χ1n) is 4.89. The van der Waals surface area contributed by atoms with Crippen LogP contribution in [0.15, 0.2) is 29.2 Å². The van der Waals surface area contributed by atoms with Crippen LogP contribution in [0.25, 0.3) is 0 Å². The Morgan fingerprint density at radius 3 is 2.29 bits per heavy atom. The van der Waals surface area contributed by atoms with E-state index in [1.54, 1.807) is 12.1 Å². The van der Waals surface area contributed by atoms with E-state index in [2.05, 4.69) is 4.18 Å². The van der Waals surface area contributed by atoms with Crippen LogP contribution >= 0.6 is 0 Å². The Balaban J connectivity index is 2.86. The second kappa shape index (κ2) is 5.09. The van der Waals surface area contributed by atoms with Gasteiger partial charge in [-0.3, -0.25) is 10.2 Å². The second-order valence-corrected chi connectivity index (χ2v) is 5.20. The summed E-state index contributed by atoms with van der Waals surface area (Å²) in [6, 6.07) is 6.05. The number of hydrogen-bond acceptors (Lipinski definition) is 5. The quantitative estimate of drug-likeness (QED) is 0.503. The third kappa shape index (κ3) is 3.99. The molecule has 0 aromatic heterocycles. The molecule has 6 heteroatoms. The summed E-state index contributed by atoms with van der Waals surface area (Å²) in [7, 11) is -4.00. The fourth-order valence-corrected chi connectivity index (χ4v) is 2.03. The number of carbonyl (C=O) groups is 1. The number of benzene rings is 1. The predicted octanol–water partition coefficient (Wildman–Crippen LogP) is 1.66. The van der Waals surface area contributed by atoms with Crippen LogP contribution in [0.1, 0.15) is 18.9 Å². The highest BCUT2D eigenvalue weighted by atomic mass is 32.2. The standard InChI is InChI=1S/C11H13NO4S/c1-8-3-5-10(6-4-8)17(14,15)16-11(12)7-9(2)13/h3-6,12H,7H2,1-2H3. The van der Waals surface area contributed by atoms with E-state index in [0.717, 1.165) is 5.56 Å². The minimum Gasteiger partial charge on any atom is -0.363 e. The van der Waals surface area contributed by atoms with Crippen molar-refractivity contribution in [3.8, 4) is 0 Å².